The summed E-state index contributed by atoms with van der Waals surface area (Å²) in [7, 11) is 0. The minimum Gasteiger partial charge on any atom is -0.457 e. The highest BCUT2D eigenvalue weighted by Crippen LogP contribution is 2.53. The van der Waals surface area contributed by atoms with E-state index in [2.05, 4.69) is 61.8 Å². The van der Waals surface area contributed by atoms with Crippen LogP contribution in [0.1, 0.15) is 71.4 Å². The van der Waals surface area contributed by atoms with Gasteiger partial charge >= 0.3 is 0 Å². The second-order valence-electron chi connectivity index (χ2n) is 14.0. The second kappa shape index (κ2) is 12.2. The van der Waals surface area contributed by atoms with Crippen LogP contribution in [0.2, 0.25) is 0 Å². The minimum atomic E-state index is -0.376. The molecule has 0 N–H and O–H groups in total. The summed E-state index contributed by atoms with van der Waals surface area (Å²) in [5, 5.41) is 6.97. The molecule has 9 rings (SSSR count). The van der Waals surface area contributed by atoms with Crippen molar-refractivity contribution in [1.29, 1.82) is 0 Å². The Morgan fingerprint density at radius 3 is 1.50 bits per heavy atom. The van der Waals surface area contributed by atoms with Gasteiger partial charge in [-0.1, -0.05) is 122 Å². The van der Waals surface area contributed by atoms with Gasteiger partial charge in [0.05, 0.1) is 16.8 Å². The Morgan fingerprint density at radius 2 is 0.981 bits per heavy atom. The Kier molecular flexibility index (Phi) is 7.56. The summed E-state index contributed by atoms with van der Waals surface area (Å²) in [5.74, 6) is 1.71. The van der Waals surface area contributed by atoms with Crippen LogP contribution >= 0.6 is 15.9 Å². The molecule has 2 amide bonds. The molecule has 254 valence electrons. The molecule has 8 aromatic rings. The first-order valence-electron chi connectivity index (χ1n) is 17.6. The van der Waals surface area contributed by atoms with Gasteiger partial charge in [0, 0.05) is 26.0 Å². The van der Waals surface area contributed by atoms with E-state index in [9.17, 15) is 0 Å². The summed E-state index contributed by atoms with van der Waals surface area (Å²) >= 11 is 3.80. The fraction of sp³-hybridized carbons (Fsp3) is 0.130. The molecule has 1 aliphatic heterocycles. The van der Waals surface area contributed by atoms with Crippen molar-refractivity contribution < 1.29 is 19.1 Å². The number of hydrogen-bond donors (Lipinski definition) is 0. The average Bonchev–Trinajstić information content (AvgIpc) is 3.15. The number of hydrogen-bond acceptors (Lipinski definition) is 4. The van der Waals surface area contributed by atoms with Crippen molar-refractivity contribution in [2.24, 2.45) is 0 Å². The number of fused-ring (bicyclic) bond motifs is 2. The highest BCUT2D eigenvalue weighted by molar-refractivity contribution is 9.10. The van der Waals surface area contributed by atoms with Gasteiger partial charge in [0.1, 0.15) is 23.0 Å². The number of amides is 2. The maximum absolute atomic E-state index is 15.2. The topological polar surface area (TPSA) is 55.8 Å². The average molecular weight is 745 g/mol. The van der Waals surface area contributed by atoms with Gasteiger partial charge in [0.2, 0.25) is 0 Å². The molecule has 5 nitrogen and oxygen atoms in total. The van der Waals surface area contributed by atoms with Crippen molar-refractivity contribution in [1.82, 2.24) is 0 Å². The maximum atomic E-state index is 15.2. The van der Waals surface area contributed by atoms with E-state index in [1.54, 1.807) is 0 Å². The molecule has 0 saturated carbocycles. The summed E-state index contributed by atoms with van der Waals surface area (Å²) in [6.07, 6.45) is 0. The first-order valence-corrected chi connectivity index (χ1v) is 18.4. The van der Waals surface area contributed by atoms with Crippen molar-refractivity contribution >= 4 is 76.5 Å². The third-order valence-corrected chi connectivity index (χ3v) is 10.9. The van der Waals surface area contributed by atoms with Crippen molar-refractivity contribution in [3.63, 3.8) is 0 Å². The first-order chi connectivity index (χ1) is 25.2. The van der Waals surface area contributed by atoms with Gasteiger partial charge in [-0.25, -0.2) is 4.90 Å². The molecular weight excluding hydrogens is 710 g/mol. The molecule has 0 aliphatic carbocycles. The van der Waals surface area contributed by atoms with E-state index in [4.69, 9.17) is 9.47 Å². The third-order valence-electron chi connectivity index (χ3n) is 10.2. The zero-order valence-electron chi connectivity index (χ0n) is 29.2. The van der Waals surface area contributed by atoms with Crippen LogP contribution in [0, 0.1) is 0 Å². The molecule has 8 aromatic carbocycles. The highest BCUT2D eigenvalue weighted by Gasteiger charge is 2.40. The first kappa shape index (κ1) is 32.2. The lowest BCUT2D eigenvalue weighted by Crippen LogP contribution is -2.42. The summed E-state index contributed by atoms with van der Waals surface area (Å²) in [4.78, 5) is 31.7. The number of carbonyl (C=O) groups is 2. The third kappa shape index (κ3) is 4.81. The number of carbonyl (C=O) groups excluding carboxylic acids is 2. The standard InChI is InChI=1S/C46H34BrNO4/c1-25(2)29-17-11-18-30(26(3)4)44(29)48-45(49)34-23-37(51-27-13-7-5-8-14-27)41-32-20-12-19-31-36(47)22-21-33(39(31)32)42-38(52-28-15-9-6-10-16-28)24-35(46(48)50)40(34)43(41)42/h5-26H,1-4H3. The van der Waals surface area contributed by atoms with Crippen LogP contribution in [0.25, 0.3) is 43.1 Å². The van der Waals surface area contributed by atoms with Crippen molar-refractivity contribution in [3.8, 4) is 23.0 Å². The molecule has 0 aromatic heterocycles. The SMILES string of the molecule is CC(C)c1cccc(C(C)C)c1N1C(=O)c2cc(Oc3ccccc3)c3c4cccc5c(Br)ccc(c6c(Oc7ccccc7)cc(c2c36)C1=O)c54. The Bertz CT molecular complexity index is 2600. The maximum Gasteiger partial charge on any atom is 0.266 e. The summed E-state index contributed by atoms with van der Waals surface area (Å²) in [6.45, 7) is 8.37. The largest absolute Gasteiger partial charge is 0.457 e. The quantitative estimate of drug-likeness (QED) is 0.0926. The Morgan fingerprint density at radius 1 is 0.500 bits per heavy atom. The van der Waals surface area contributed by atoms with E-state index in [0.29, 0.717) is 45.2 Å². The number of ether oxygens (including phenoxy) is 2. The van der Waals surface area contributed by atoms with E-state index in [1.165, 1.54) is 4.90 Å². The second-order valence-corrected chi connectivity index (χ2v) is 14.9. The number of para-hydroxylation sites is 3. The predicted octanol–water partition coefficient (Wildman–Crippen LogP) is 13.1. The number of nitrogens with zero attached hydrogens (tertiary/aromatic N) is 1. The molecule has 1 heterocycles. The van der Waals surface area contributed by atoms with Gasteiger partial charge in [-0.3, -0.25) is 9.59 Å². The molecule has 52 heavy (non-hydrogen) atoms. The van der Waals surface area contributed by atoms with Crippen LogP contribution in [0.15, 0.2) is 126 Å². The number of imide groups is 1. The van der Waals surface area contributed by atoms with E-state index >= 15 is 9.59 Å². The van der Waals surface area contributed by atoms with Crippen LogP contribution in [-0.4, -0.2) is 11.8 Å². The molecule has 0 spiro atoms. The normalized spacial score (nSPS) is 13.1. The summed E-state index contributed by atoms with van der Waals surface area (Å²) in [5.41, 5.74) is 3.35. The van der Waals surface area contributed by atoms with E-state index in [1.807, 2.05) is 103 Å². The van der Waals surface area contributed by atoms with Crippen LogP contribution in [0.4, 0.5) is 5.69 Å². The fourth-order valence-corrected chi connectivity index (χ4v) is 8.41. The molecule has 0 saturated heterocycles. The van der Waals surface area contributed by atoms with Crippen molar-refractivity contribution in [2.75, 3.05) is 4.90 Å². The molecule has 0 unspecified atom stereocenters. The van der Waals surface area contributed by atoms with Gasteiger partial charge < -0.3 is 9.47 Å². The zero-order valence-corrected chi connectivity index (χ0v) is 30.7. The van der Waals surface area contributed by atoms with Crippen molar-refractivity contribution in [3.05, 3.63) is 148 Å². The lowest BCUT2D eigenvalue weighted by Gasteiger charge is -2.33. The smallest absolute Gasteiger partial charge is 0.266 e. The monoisotopic (exact) mass is 743 g/mol. The highest BCUT2D eigenvalue weighted by atomic mass is 79.9. The van der Waals surface area contributed by atoms with Gasteiger partial charge in [0.25, 0.3) is 11.8 Å². The molecular formula is C46H34BrNO4. The van der Waals surface area contributed by atoms with Crippen LogP contribution in [0.5, 0.6) is 23.0 Å². The van der Waals surface area contributed by atoms with Crippen LogP contribution < -0.4 is 14.4 Å². The number of benzene rings is 8. The van der Waals surface area contributed by atoms with Gasteiger partial charge in [-0.05, 0) is 87.0 Å². The number of halogens is 1. The lowest BCUT2D eigenvalue weighted by atomic mass is 9.83. The fourth-order valence-electron chi connectivity index (χ4n) is 7.94. The van der Waals surface area contributed by atoms with E-state index < -0.39 is 0 Å². The molecule has 6 heteroatoms. The van der Waals surface area contributed by atoms with Gasteiger partial charge in [0.15, 0.2) is 0 Å². The molecule has 1 aliphatic rings. The lowest BCUT2D eigenvalue weighted by molar-refractivity contribution is 0.0892. The molecule has 0 bridgehead atoms. The Balaban J connectivity index is 1.47. The zero-order chi connectivity index (χ0) is 35.8. The van der Waals surface area contributed by atoms with E-state index in [-0.39, 0.29) is 23.7 Å². The predicted molar refractivity (Wildman–Crippen MR) is 214 cm³/mol. The number of rotatable bonds is 7. The van der Waals surface area contributed by atoms with Crippen LogP contribution in [0.3, 0.4) is 0 Å². The molecule has 0 fully saturated rings. The van der Waals surface area contributed by atoms with Gasteiger partial charge in [-0.15, -0.1) is 0 Å². The summed E-state index contributed by atoms with van der Waals surface area (Å²) < 4.78 is 14.5. The Hall–Kier alpha value is -5.72. The Labute approximate surface area is 309 Å². The molecule has 0 atom stereocenters. The van der Waals surface area contributed by atoms with Crippen molar-refractivity contribution in [2.45, 2.75) is 39.5 Å². The van der Waals surface area contributed by atoms with Crippen LogP contribution in [-0.2, 0) is 0 Å². The molecule has 0 radical (unpaired) electrons. The number of anilines is 1. The van der Waals surface area contributed by atoms with Gasteiger partial charge in [-0.2, -0.15) is 0 Å². The summed E-state index contributed by atoms with van der Waals surface area (Å²) in [6, 6.07) is 39.3. The van der Waals surface area contributed by atoms with E-state index in [0.717, 1.165) is 53.3 Å². The minimum absolute atomic E-state index is 0.0660.